The molecule has 0 saturated carbocycles. The maximum Gasteiger partial charge on any atom is 0.218 e. The van der Waals surface area contributed by atoms with Crippen molar-refractivity contribution in [2.24, 2.45) is 0 Å². The lowest BCUT2D eigenvalue weighted by Crippen LogP contribution is -2.05. The Morgan fingerprint density at radius 1 is 1.06 bits per heavy atom. The summed E-state index contributed by atoms with van der Waals surface area (Å²) in [5.74, 6) is 1.88. The van der Waals surface area contributed by atoms with E-state index in [0.717, 1.165) is 25.1 Å². The lowest BCUT2D eigenvalue weighted by molar-refractivity contribution is 0.292. The molecule has 2 N–H and O–H groups in total. The van der Waals surface area contributed by atoms with Gasteiger partial charge in [-0.3, -0.25) is 0 Å². The van der Waals surface area contributed by atoms with Gasteiger partial charge in [-0.1, -0.05) is 39.5 Å². The van der Waals surface area contributed by atoms with Crippen LogP contribution in [0.15, 0.2) is 6.07 Å². The summed E-state index contributed by atoms with van der Waals surface area (Å²) in [5.41, 5.74) is 5.73. The van der Waals surface area contributed by atoms with Crippen LogP contribution >= 0.6 is 0 Å². The van der Waals surface area contributed by atoms with E-state index in [4.69, 9.17) is 10.5 Å². The van der Waals surface area contributed by atoms with Crippen LogP contribution in [0, 0.1) is 0 Å². The first kappa shape index (κ1) is 14.7. The third-order valence-corrected chi connectivity index (χ3v) is 2.74. The SMILES string of the molecule is CCCCCCCOc1cc(N)nc(CCC)n1. The molecule has 1 aromatic rings. The van der Waals surface area contributed by atoms with Gasteiger partial charge in [0.05, 0.1) is 6.61 Å². The Bertz CT molecular complexity index is 342. The van der Waals surface area contributed by atoms with E-state index in [1.165, 1.54) is 25.7 Å². The van der Waals surface area contributed by atoms with Crippen molar-refractivity contribution < 1.29 is 4.74 Å². The van der Waals surface area contributed by atoms with Gasteiger partial charge in [0.1, 0.15) is 11.6 Å². The Morgan fingerprint density at radius 2 is 1.83 bits per heavy atom. The molecule has 4 nitrogen and oxygen atoms in total. The molecule has 0 saturated heterocycles. The smallest absolute Gasteiger partial charge is 0.218 e. The van der Waals surface area contributed by atoms with Crippen molar-refractivity contribution >= 4 is 5.82 Å². The minimum absolute atomic E-state index is 0.495. The normalized spacial score (nSPS) is 10.6. The Labute approximate surface area is 110 Å². The van der Waals surface area contributed by atoms with Crippen molar-refractivity contribution in [1.82, 2.24) is 9.97 Å². The molecule has 1 aromatic heterocycles. The highest BCUT2D eigenvalue weighted by molar-refractivity contribution is 5.32. The van der Waals surface area contributed by atoms with E-state index in [1.54, 1.807) is 6.07 Å². The van der Waals surface area contributed by atoms with Gasteiger partial charge in [0.15, 0.2) is 0 Å². The second-order valence-corrected chi connectivity index (χ2v) is 4.56. The molecule has 0 bridgehead atoms. The Hall–Kier alpha value is -1.32. The van der Waals surface area contributed by atoms with E-state index < -0.39 is 0 Å². The maximum absolute atomic E-state index is 5.73. The fourth-order valence-electron chi connectivity index (χ4n) is 1.78. The van der Waals surface area contributed by atoms with Crippen molar-refractivity contribution in [2.75, 3.05) is 12.3 Å². The number of anilines is 1. The number of hydrogen-bond acceptors (Lipinski definition) is 4. The quantitative estimate of drug-likeness (QED) is 0.684. The minimum Gasteiger partial charge on any atom is -0.478 e. The van der Waals surface area contributed by atoms with E-state index in [0.29, 0.717) is 18.3 Å². The van der Waals surface area contributed by atoms with Crippen molar-refractivity contribution in [1.29, 1.82) is 0 Å². The zero-order valence-corrected chi connectivity index (χ0v) is 11.6. The molecule has 0 radical (unpaired) electrons. The van der Waals surface area contributed by atoms with Crippen molar-refractivity contribution in [3.05, 3.63) is 11.9 Å². The highest BCUT2D eigenvalue weighted by atomic mass is 16.5. The van der Waals surface area contributed by atoms with Gasteiger partial charge in [0.25, 0.3) is 0 Å². The molecule has 0 atom stereocenters. The first-order valence-electron chi connectivity index (χ1n) is 7.02. The Morgan fingerprint density at radius 3 is 2.56 bits per heavy atom. The number of nitrogens with zero attached hydrogens (tertiary/aromatic N) is 2. The highest BCUT2D eigenvalue weighted by Gasteiger charge is 2.03. The summed E-state index contributed by atoms with van der Waals surface area (Å²) in [6.45, 7) is 5.03. The molecule has 1 heterocycles. The summed E-state index contributed by atoms with van der Waals surface area (Å²) in [7, 11) is 0. The largest absolute Gasteiger partial charge is 0.478 e. The van der Waals surface area contributed by atoms with Gasteiger partial charge in [-0.15, -0.1) is 0 Å². The molecule has 0 fully saturated rings. The predicted octanol–water partition coefficient (Wildman–Crippen LogP) is 3.36. The Balaban J connectivity index is 2.32. The van der Waals surface area contributed by atoms with Gasteiger partial charge in [0, 0.05) is 12.5 Å². The average Bonchev–Trinajstić information content (AvgIpc) is 2.33. The summed E-state index contributed by atoms with van der Waals surface area (Å²) >= 11 is 0. The number of aryl methyl sites for hydroxylation is 1. The van der Waals surface area contributed by atoms with E-state index in [9.17, 15) is 0 Å². The summed E-state index contributed by atoms with van der Waals surface area (Å²) < 4.78 is 5.62. The summed E-state index contributed by atoms with van der Waals surface area (Å²) in [4.78, 5) is 8.52. The standard InChI is InChI=1S/C14H25N3O/c1-3-5-6-7-8-10-18-14-11-12(15)16-13(17-14)9-4-2/h11H,3-10H2,1-2H3,(H2,15,16,17). The zero-order valence-electron chi connectivity index (χ0n) is 11.6. The number of rotatable bonds is 9. The summed E-state index contributed by atoms with van der Waals surface area (Å²) in [6.07, 6.45) is 8.01. The molecular weight excluding hydrogens is 226 g/mol. The number of nitrogen functional groups attached to an aromatic ring is 1. The predicted molar refractivity (Wildman–Crippen MR) is 74.7 cm³/mol. The highest BCUT2D eigenvalue weighted by Crippen LogP contribution is 2.13. The fraction of sp³-hybridized carbons (Fsp3) is 0.714. The van der Waals surface area contributed by atoms with Crippen LogP contribution in [0.2, 0.25) is 0 Å². The molecule has 0 aliphatic carbocycles. The molecule has 0 aliphatic heterocycles. The first-order valence-corrected chi connectivity index (χ1v) is 7.02. The van der Waals surface area contributed by atoms with Crippen LogP contribution in [0.5, 0.6) is 5.88 Å². The van der Waals surface area contributed by atoms with Gasteiger partial charge in [0.2, 0.25) is 5.88 Å². The molecule has 102 valence electrons. The molecule has 4 heteroatoms. The number of unbranched alkanes of at least 4 members (excludes halogenated alkanes) is 4. The van der Waals surface area contributed by atoms with E-state index in [1.807, 2.05) is 0 Å². The van der Waals surface area contributed by atoms with Gasteiger partial charge in [-0.05, 0) is 12.8 Å². The van der Waals surface area contributed by atoms with Gasteiger partial charge in [-0.25, -0.2) is 4.98 Å². The third-order valence-electron chi connectivity index (χ3n) is 2.74. The van der Waals surface area contributed by atoms with Crippen LogP contribution in [0.4, 0.5) is 5.82 Å². The fourth-order valence-corrected chi connectivity index (χ4v) is 1.78. The van der Waals surface area contributed by atoms with Crippen LogP contribution < -0.4 is 10.5 Å². The van der Waals surface area contributed by atoms with Crippen molar-refractivity contribution in [3.8, 4) is 5.88 Å². The van der Waals surface area contributed by atoms with Gasteiger partial charge in [-0.2, -0.15) is 4.98 Å². The molecule has 0 amide bonds. The third kappa shape index (κ3) is 5.84. The number of hydrogen-bond donors (Lipinski definition) is 1. The summed E-state index contributed by atoms with van der Waals surface area (Å²) in [5, 5.41) is 0. The first-order chi connectivity index (χ1) is 8.76. The van der Waals surface area contributed by atoms with Crippen LogP contribution in [0.25, 0.3) is 0 Å². The van der Waals surface area contributed by atoms with Crippen molar-refractivity contribution in [3.63, 3.8) is 0 Å². The van der Waals surface area contributed by atoms with Crippen LogP contribution in [0.1, 0.15) is 58.2 Å². The van der Waals surface area contributed by atoms with Crippen LogP contribution in [-0.2, 0) is 6.42 Å². The monoisotopic (exact) mass is 251 g/mol. The Kier molecular flexibility index (Phi) is 7.14. The lowest BCUT2D eigenvalue weighted by Gasteiger charge is -2.07. The second kappa shape index (κ2) is 8.72. The molecule has 0 unspecified atom stereocenters. The molecule has 0 aromatic carbocycles. The molecule has 0 spiro atoms. The second-order valence-electron chi connectivity index (χ2n) is 4.56. The maximum atomic E-state index is 5.73. The molecule has 1 rings (SSSR count). The molecular formula is C14H25N3O. The van der Waals surface area contributed by atoms with E-state index in [2.05, 4.69) is 23.8 Å². The lowest BCUT2D eigenvalue weighted by atomic mass is 10.2. The van der Waals surface area contributed by atoms with Gasteiger partial charge < -0.3 is 10.5 Å². The summed E-state index contributed by atoms with van der Waals surface area (Å²) in [6, 6.07) is 1.70. The van der Waals surface area contributed by atoms with E-state index in [-0.39, 0.29) is 0 Å². The van der Waals surface area contributed by atoms with Gasteiger partial charge >= 0.3 is 0 Å². The topological polar surface area (TPSA) is 61.0 Å². The average molecular weight is 251 g/mol. The van der Waals surface area contributed by atoms with Crippen LogP contribution in [0.3, 0.4) is 0 Å². The zero-order chi connectivity index (χ0) is 13.2. The van der Waals surface area contributed by atoms with Crippen LogP contribution in [-0.4, -0.2) is 16.6 Å². The minimum atomic E-state index is 0.495. The van der Waals surface area contributed by atoms with Crippen molar-refractivity contribution in [2.45, 2.75) is 58.8 Å². The number of nitrogens with two attached hydrogens (primary N) is 1. The molecule has 18 heavy (non-hydrogen) atoms. The number of aromatic nitrogens is 2. The van der Waals surface area contributed by atoms with E-state index >= 15 is 0 Å². The number of ether oxygens (including phenoxy) is 1. The molecule has 0 aliphatic rings.